The van der Waals surface area contributed by atoms with Crippen molar-refractivity contribution in [1.29, 1.82) is 0 Å². The average molecular weight is 250 g/mol. The number of hydrogen-bond acceptors (Lipinski definition) is 1. The molecule has 1 nitrogen and oxygen atoms in total. The van der Waals surface area contributed by atoms with E-state index in [0.29, 0.717) is 11.8 Å². The largest absolute Gasteiger partial charge is 0.388 e. The third-order valence-corrected chi connectivity index (χ3v) is 5.44. The summed E-state index contributed by atoms with van der Waals surface area (Å²) < 4.78 is 26.5. The van der Waals surface area contributed by atoms with Crippen LogP contribution in [-0.4, -0.2) is 5.11 Å². The molecule has 3 aliphatic rings. The summed E-state index contributed by atoms with van der Waals surface area (Å²) in [5.74, 6) is 1.73. The van der Waals surface area contributed by atoms with Crippen LogP contribution in [-0.2, 0) is 0 Å². The van der Waals surface area contributed by atoms with Crippen LogP contribution in [0.1, 0.15) is 30.9 Å². The number of benzene rings is 1. The quantitative estimate of drug-likeness (QED) is 0.854. The maximum Gasteiger partial charge on any atom is 0.131 e. The molecular formula is C15H16F2O. The van der Waals surface area contributed by atoms with Crippen LogP contribution in [0, 0.1) is 41.2 Å². The topological polar surface area (TPSA) is 20.2 Å². The number of aliphatic hydroxyl groups is 1. The SMILES string of the molecule is OC(c1ccc(F)cc1F)C1C2C3CCC(C3)C21. The van der Waals surface area contributed by atoms with Crippen LogP contribution >= 0.6 is 0 Å². The lowest BCUT2D eigenvalue weighted by Crippen LogP contribution is -2.10. The van der Waals surface area contributed by atoms with E-state index < -0.39 is 17.7 Å². The van der Waals surface area contributed by atoms with Crippen molar-refractivity contribution < 1.29 is 13.9 Å². The smallest absolute Gasteiger partial charge is 0.131 e. The van der Waals surface area contributed by atoms with E-state index in [1.54, 1.807) is 0 Å². The van der Waals surface area contributed by atoms with Gasteiger partial charge in [0, 0.05) is 11.6 Å². The molecule has 2 bridgehead atoms. The van der Waals surface area contributed by atoms with Crippen LogP contribution in [0.4, 0.5) is 8.78 Å². The number of rotatable bonds is 2. The number of halogens is 2. The maximum atomic E-state index is 13.7. The second-order valence-electron chi connectivity index (χ2n) is 6.18. The minimum absolute atomic E-state index is 0.219. The number of hydrogen-bond donors (Lipinski definition) is 1. The Bertz CT molecular complexity index is 485. The minimum atomic E-state index is -0.746. The molecule has 5 atom stereocenters. The lowest BCUT2D eigenvalue weighted by molar-refractivity contribution is 0.126. The standard InChI is InChI=1S/C15H16F2O/c16-9-3-4-10(11(17)6-9)15(18)14-12-7-1-2-8(5-7)13(12)14/h3-4,6-8,12-15,18H,1-2,5H2. The molecule has 1 aromatic rings. The molecule has 1 aromatic carbocycles. The van der Waals surface area contributed by atoms with Gasteiger partial charge in [0.2, 0.25) is 0 Å². The third kappa shape index (κ3) is 1.34. The minimum Gasteiger partial charge on any atom is -0.388 e. The Balaban J connectivity index is 1.60. The van der Waals surface area contributed by atoms with E-state index in [9.17, 15) is 13.9 Å². The fraction of sp³-hybridized carbons (Fsp3) is 0.600. The third-order valence-electron chi connectivity index (χ3n) is 5.44. The van der Waals surface area contributed by atoms with Crippen molar-refractivity contribution in [3.63, 3.8) is 0 Å². The molecule has 3 heteroatoms. The van der Waals surface area contributed by atoms with Gasteiger partial charge in [-0.3, -0.25) is 0 Å². The van der Waals surface area contributed by atoms with E-state index in [1.807, 2.05) is 0 Å². The highest BCUT2D eigenvalue weighted by Crippen LogP contribution is 2.72. The highest BCUT2D eigenvalue weighted by Gasteiger charge is 2.66. The molecule has 3 saturated carbocycles. The molecule has 4 rings (SSSR count). The molecule has 0 radical (unpaired) electrons. The van der Waals surface area contributed by atoms with Crippen molar-refractivity contribution in [1.82, 2.24) is 0 Å². The molecule has 3 fully saturated rings. The van der Waals surface area contributed by atoms with Crippen molar-refractivity contribution in [2.45, 2.75) is 25.4 Å². The predicted molar refractivity (Wildman–Crippen MR) is 62.6 cm³/mol. The van der Waals surface area contributed by atoms with Gasteiger partial charge in [-0.15, -0.1) is 0 Å². The lowest BCUT2D eigenvalue weighted by Gasteiger charge is -2.16. The first kappa shape index (κ1) is 10.9. The summed E-state index contributed by atoms with van der Waals surface area (Å²) in [5.41, 5.74) is 0.273. The molecule has 5 unspecified atom stereocenters. The van der Waals surface area contributed by atoms with Crippen molar-refractivity contribution in [2.24, 2.45) is 29.6 Å². The summed E-state index contributed by atoms with van der Waals surface area (Å²) in [4.78, 5) is 0. The molecular weight excluding hydrogens is 234 g/mol. The molecule has 0 spiro atoms. The van der Waals surface area contributed by atoms with Gasteiger partial charge in [-0.25, -0.2) is 8.78 Å². The van der Waals surface area contributed by atoms with Crippen LogP contribution in [0.15, 0.2) is 18.2 Å². The van der Waals surface area contributed by atoms with E-state index in [0.717, 1.165) is 17.9 Å². The fourth-order valence-electron chi connectivity index (χ4n) is 4.76. The second-order valence-corrected chi connectivity index (χ2v) is 6.18. The zero-order chi connectivity index (χ0) is 12.4. The molecule has 3 aliphatic carbocycles. The normalized spacial score (nSPS) is 41.8. The van der Waals surface area contributed by atoms with Gasteiger partial charge in [-0.05, 0) is 54.9 Å². The Kier molecular flexibility index (Phi) is 2.14. The summed E-state index contributed by atoms with van der Waals surface area (Å²) in [6, 6.07) is 3.49. The predicted octanol–water partition coefficient (Wildman–Crippen LogP) is 3.29. The van der Waals surface area contributed by atoms with E-state index in [2.05, 4.69) is 0 Å². The van der Waals surface area contributed by atoms with Gasteiger partial charge in [-0.2, -0.15) is 0 Å². The van der Waals surface area contributed by atoms with Crippen molar-refractivity contribution in [2.75, 3.05) is 0 Å². The van der Waals surface area contributed by atoms with E-state index >= 15 is 0 Å². The first-order valence-corrected chi connectivity index (χ1v) is 6.80. The van der Waals surface area contributed by atoms with Crippen molar-refractivity contribution in [3.8, 4) is 0 Å². The Hall–Kier alpha value is -0.960. The van der Waals surface area contributed by atoms with Crippen LogP contribution in [0.2, 0.25) is 0 Å². The maximum absolute atomic E-state index is 13.7. The van der Waals surface area contributed by atoms with Crippen molar-refractivity contribution in [3.05, 3.63) is 35.4 Å². The van der Waals surface area contributed by atoms with Crippen molar-refractivity contribution >= 4 is 0 Å². The summed E-state index contributed by atoms with van der Waals surface area (Å²) >= 11 is 0. The van der Waals surface area contributed by atoms with E-state index in [-0.39, 0.29) is 11.5 Å². The Morgan fingerprint density at radius 2 is 1.78 bits per heavy atom. The van der Waals surface area contributed by atoms with Crippen LogP contribution in [0.25, 0.3) is 0 Å². The first-order chi connectivity index (χ1) is 8.66. The summed E-state index contributed by atoms with van der Waals surface area (Å²) in [6.07, 6.45) is 3.12. The van der Waals surface area contributed by atoms with Gasteiger partial charge >= 0.3 is 0 Å². The molecule has 0 aromatic heterocycles. The van der Waals surface area contributed by atoms with Gasteiger partial charge in [0.15, 0.2) is 0 Å². The van der Waals surface area contributed by atoms with Crippen LogP contribution < -0.4 is 0 Å². The van der Waals surface area contributed by atoms with Gasteiger partial charge in [0.25, 0.3) is 0 Å². The van der Waals surface area contributed by atoms with E-state index in [1.165, 1.54) is 31.4 Å². The van der Waals surface area contributed by atoms with E-state index in [4.69, 9.17) is 0 Å². The number of aliphatic hydroxyl groups excluding tert-OH is 1. The molecule has 18 heavy (non-hydrogen) atoms. The first-order valence-electron chi connectivity index (χ1n) is 6.80. The highest BCUT2D eigenvalue weighted by atomic mass is 19.1. The summed E-state index contributed by atoms with van der Waals surface area (Å²) in [6.45, 7) is 0. The molecule has 0 aliphatic heterocycles. The fourth-order valence-corrected chi connectivity index (χ4v) is 4.76. The number of fused-ring (bicyclic) bond motifs is 5. The lowest BCUT2D eigenvalue weighted by atomic mass is 9.95. The van der Waals surface area contributed by atoms with Crippen LogP contribution in [0.3, 0.4) is 0 Å². The second kappa shape index (κ2) is 3.53. The monoisotopic (exact) mass is 250 g/mol. The average Bonchev–Trinajstić information content (AvgIpc) is 2.77. The Labute approximate surface area is 105 Å². The van der Waals surface area contributed by atoms with Gasteiger partial charge in [0.05, 0.1) is 6.10 Å². The molecule has 0 amide bonds. The Morgan fingerprint density at radius 1 is 1.11 bits per heavy atom. The summed E-state index contributed by atoms with van der Waals surface area (Å²) in [5, 5.41) is 10.3. The van der Waals surface area contributed by atoms with Gasteiger partial charge < -0.3 is 5.11 Å². The highest BCUT2D eigenvalue weighted by molar-refractivity contribution is 5.26. The van der Waals surface area contributed by atoms with Gasteiger partial charge in [0.1, 0.15) is 11.6 Å². The Morgan fingerprint density at radius 3 is 2.39 bits per heavy atom. The van der Waals surface area contributed by atoms with Crippen LogP contribution in [0.5, 0.6) is 0 Å². The van der Waals surface area contributed by atoms with Gasteiger partial charge in [-0.1, -0.05) is 6.07 Å². The summed E-state index contributed by atoms with van der Waals surface area (Å²) in [7, 11) is 0. The molecule has 0 saturated heterocycles. The zero-order valence-electron chi connectivity index (χ0n) is 10.0. The molecule has 0 heterocycles. The molecule has 1 N–H and O–H groups in total. The zero-order valence-corrected chi connectivity index (χ0v) is 10.0. The molecule has 96 valence electrons.